The summed E-state index contributed by atoms with van der Waals surface area (Å²) in [6.45, 7) is 4.37. The molecule has 0 heterocycles. The summed E-state index contributed by atoms with van der Waals surface area (Å²) in [5.74, 6) is 0. The molecule has 19 heavy (non-hydrogen) atoms. The topological polar surface area (TPSA) is 53.2 Å². The van der Waals surface area contributed by atoms with Gasteiger partial charge in [-0.3, -0.25) is 0 Å². The maximum Gasteiger partial charge on any atom is 0.104 e. The van der Waals surface area contributed by atoms with E-state index in [4.69, 9.17) is 4.74 Å². The van der Waals surface area contributed by atoms with E-state index in [1.54, 1.807) is 6.92 Å². The Morgan fingerprint density at radius 2 is 2.11 bits per heavy atom. The number of hydrogen-bond donors (Lipinski definition) is 1. The van der Waals surface area contributed by atoms with E-state index in [1.165, 1.54) is 11.1 Å². The molecular formula is C16H21NO2. The molecule has 0 fully saturated rings. The maximum atomic E-state index is 10.7. The van der Waals surface area contributed by atoms with Crippen LogP contribution in [0.15, 0.2) is 24.3 Å². The highest BCUT2D eigenvalue weighted by molar-refractivity contribution is 5.34. The zero-order valence-corrected chi connectivity index (χ0v) is 11.6. The lowest BCUT2D eigenvalue weighted by Crippen LogP contribution is -2.51. The van der Waals surface area contributed by atoms with Gasteiger partial charge in [-0.15, -0.1) is 0 Å². The molecule has 3 nitrogen and oxygen atoms in total. The highest BCUT2D eigenvalue weighted by atomic mass is 16.5. The van der Waals surface area contributed by atoms with Gasteiger partial charge in [0.1, 0.15) is 5.60 Å². The third-order valence-electron chi connectivity index (χ3n) is 4.26. The van der Waals surface area contributed by atoms with E-state index >= 15 is 0 Å². The SMILES string of the molecule is CCOCC(C)(O)C1(C#N)CCc2ccccc2C1. The van der Waals surface area contributed by atoms with Gasteiger partial charge in [0.2, 0.25) is 0 Å². The Bertz CT molecular complexity index is 490. The molecule has 1 aromatic carbocycles. The molecule has 1 N–H and O–H groups in total. The highest BCUT2D eigenvalue weighted by Gasteiger charge is 2.49. The normalized spacial score (nSPS) is 25.2. The van der Waals surface area contributed by atoms with E-state index in [2.05, 4.69) is 18.2 Å². The third-order valence-corrected chi connectivity index (χ3v) is 4.26. The average Bonchev–Trinajstić information content (AvgIpc) is 2.44. The van der Waals surface area contributed by atoms with E-state index in [0.717, 1.165) is 6.42 Å². The number of nitriles is 1. The van der Waals surface area contributed by atoms with E-state index in [9.17, 15) is 10.4 Å². The standard InChI is InChI=1S/C16H21NO2/c1-3-19-12-15(2,18)16(11-17)9-8-13-6-4-5-7-14(13)10-16/h4-7,18H,3,8-10,12H2,1-2H3. The van der Waals surface area contributed by atoms with Crippen molar-refractivity contribution in [2.24, 2.45) is 5.41 Å². The van der Waals surface area contributed by atoms with E-state index in [-0.39, 0.29) is 6.61 Å². The molecule has 1 aliphatic carbocycles. The second-order valence-electron chi connectivity index (χ2n) is 5.55. The zero-order valence-electron chi connectivity index (χ0n) is 11.6. The summed E-state index contributed by atoms with van der Waals surface area (Å²) in [5.41, 5.74) is 0.592. The molecule has 0 aliphatic heterocycles. The number of ether oxygens (including phenoxy) is 1. The van der Waals surface area contributed by atoms with Gasteiger partial charge in [0.05, 0.1) is 18.1 Å². The molecule has 1 aromatic rings. The average molecular weight is 259 g/mol. The number of benzene rings is 1. The van der Waals surface area contributed by atoms with Crippen LogP contribution in [0.2, 0.25) is 0 Å². The summed E-state index contributed by atoms with van der Waals surface area (Å²) in [6, 6.07) is 10.5. The first-order valence-electron chi connectivity index (χ1n) is 6.83. The largest absolute Gasteiger partial charge is 0.386 e. The molecule has 1 aliphatic rings. The van der Waals surface area contributed by atoms with Crippen molar-refractivity contribution >= 4 is 0 Å². The van der Waals surface area contributed by atoms with Gasteiger partial charge >= 0.3 is 0 Å². The summed E-state index contributed by atoms with van der Waals surface area (Å²) < 4.78 is 5.37. The molecule has 102 valence electrons. The van der Waals surface area contributed by atoms with Crippen molar-refractivity contribution < 1.29 is 9.84 Å². The van der Waals surface area contributed by atoms with Crippen LogP contribution in [0.1, 0.15) is 31.4 Å². The second-order valence-corrected chi connectivity index (χ2v) is 5.55. The number of nitrogens with zero attached hydrogens (tertiary/aromatic N) is 1. The fourth-order valence-corrected chi connectivity index (χ4v) is 2.85. The molecule has 0 aromatic heterocycles. The fourth-order valence-electron chi connectivity index (χ4n) is 2.85. The number of fused-ring (bicyclic) bond motifs is 1. The van der Waals surface area contributed by atoms with Crippen molar-refractivity contribution in [3.8, 4) is 6.07 Å². The van der Waals surface area contributed by atoms with E-state index in [0.29, 0.717) is 19.4 Å². The first kappa shape index (κ1) is 14.0. The highest BCUT2D eigenvalue weighted by Crippen LogP contribution is 2.43. The Labute approximate surface area is 114 Å². The Balaban J connectivity index is 2.29. The maximum absolute atomic E-state index is 10.7. The lowest BCUT2D eigenvalue weighted by molar-refractivity contribution is -0.101. The minimum Gasteiger partial charge on any atom is -0.386 e. The van der Waals surface area contributed by atoms with Gasteiger partial charge in [0.15, 0.2) is 0 Å². The predicted octanol–water partition coefficient (Wildman–Crippen LogP) is 2.47. The van der Waals surface area contributed by atoms with Crippen LogP contribution in [0.5, 0.6) is 0 Å². The quantitative estimate of drug-likeness (QED) is 0.903. The minimum absolute atomic E-state index is 0.208. The molecule has 0 radical (unpaired) electrons. The van der Waals surface area contributed by atoms with E-state index in [1.807, 2.05) is 19.1 Å². The van der Waals surface area contributed by atoms with Gasteiger partial charge in [-0.25, -0.2) is 0 Å². The molecule has 0 bridgehead atoms. The van der Waals surface area contributed by atoms with Gasteiger partial charge in [-0.2, -0.15) is 5.26 Å². The van der Waals surface area contributed by atoms with Crippen molar-refractivity contribution in [3.05, 3.63) is 35.4 Å². The Morgan fingerprint density at radius 3 is 2.74 bits per heavy atom. The van der Waals surface area contributed by atoms with Crippen LogP contribution in [0, 0.1) is 16.7 Å². The van der Waals surface area contributed by atoms with Crippen LogP contribution in [0.4, 0.5) is 0 Å². The van der Waals surface area contributed by atoms with Crippen LogP contribution >= 0.6 is 0 Å². The monoisotopic (exact) mass is 259 g/mol. The lowest BCUT2D eigenvalue weighted by Gasteiger charge is -2.43. The van der Waals surface area contributed by atoms with Gasteiger partial charge in [0, 0.05) is 6.61 Å². The summed E-state index contributed by atoms with van der Waals surface area (Å²) >= 11 is 0. The first-order valence-corrected chi connectivity index (χ1v) is 6.83. The van der Waals surface area contributed by atoms with Crippen LogP contribution in [0.25, 0.3) is 0 Å². The first-order chi connectivity index (χ1) is 9.04. The van der Waals surface area contributed by atoms with Gasteiger partial charge < -0.3 is 9.84 Å². The third kappa shape index (κ3) is 2.51. The molecule has 0 amide bonds. The molecule has 0 saturated carbocycles. The van der Waals surface area contributed by atoms with Crippen LogP contribution in [-0.2, 0) is 17.6 Å². The lowest BCUT2D eigenvalue weighted by atomic mass is 9.63. The predicted molar refractivity (Wildman–Crippen MR) is 73.6 cm³/mol. The van der Waals surface area contributed by atoms with Crippen molar-refractivity contribution in [1.29, 1.82) is 5.26 Å². The zero-order chi connectivity index (χ0) is 13.9. The second kappa shape index (κ2) is 5.32. The van der Waals surface area contributed by atoms with E-state index < -0.39 is 11.0 Å². The number of aryl methyl sites for hydroxylation is 1. The van der Waals surface area contributed by atoms with Crippen molar-refractivity contribution in [2.75, 3.05) is 13.2 Å². The molecule has 2 atom stereocenters. The van der Waals surface area contributed by atoms with Crippen LogP contribution in [-0.4, -0.2) is 23.9 Å². The van der Waals surface area contributed by atoms with Crippen molar-refractivity contribution in [3.63, 3.8) is 0 Å². The summed E-state index contributed by atoms with van der Waals surface area (Å²) in [5, 5.41) is 20.3. The Morgan fingerprint density at radius 1 is 1.42 bits per heavy atom. The summed E-state index contributed by atoms with van der Waals surface area (Å²) in [4.78, 5) is 0. The molecule has 2 unspecified atom stereocenters. The minimum atomic E-state index is -1.12. The Hall–Kier alpha value is -1.37. The molecule has 0 saturated heterocycles. The molecule has 0 spiro atoms. The van der Waals surface area contributed by atoms with Crippen LogP contribution < -0.4 is 0 Å². The van der Waals surface area contributed by atoms with Crippen molar-refractivity contribution in [2.45, 2.75) is 38.7 Å². The number of rotatable bonds is 4. The van der Waals surface area contributed by atoms with Gasteiger partial charge in [-0.05, 0) is 44.2 Å². The molecule has 2 rings (SSSR count). The smallest absolute Gasteiger partial charge is 0.104 e. The van der Waals surface area contributed by atoms with Crippen LogP contribution in [0.3, 0.4) is 0 Å². The summed E-state index contributed by atoms with van der Waals surface area (Å²) in [7, 11) is 0. The fraction of sp³-hybridized carbons (Fsp3) is 0.562. The number of hydrogen-bond acceptors (Lipinski definition) is 3. The van der Waals surface area contributed by atoms with Crippen molar-refractivity contribution in [1.82, 2.24) is 0 Å². The van der Waals surface area contributed by atoms with Gasteiger partial charge in [-0.1, -0.05) is 24.3 Å². The Kier molecular flexibility index (Phi) is 3.93. The molecule has 3 heteroatoms. The van der Waals surface area contributed by atoms with Gasteiger partial charge in [0.25, 0.3) is 0 Å². The number of aliphatic hydroxyl groups is 1. The molecular weight excluding hydrogens is 238 g/mol. The summed E-state index contributed by atoms with van der Waals surface area (Å²) in [6.07, 6.45) is 2.12.